The highest BCUT2D eigenvalue weighted by Gasteiger charge is 2.32. The summed E-state index contributed by atoms with van der Waals surface area (Å²) in [6.07, 6.45) is 0.785. The van der Waals surface area contributed by atoms with Gasteiger partial charge in [-0.15, -0.1) is 0 Å². The smallest absolute Gasteiger partial charge is 0.280 e. The molecular formula is C42H27N3O. The zero-order chi connectivity index (χ0) is 30.8. The predicted molar refractivity (Wildman–Crippen MR) is 186 cm³/mol. The maximum atomic E-state index is 15.1. The highest BCUT2D eigenvalue weighted by Crippen LogP contribution is 2.47. The summed E-state index contributed by atoms with van der Waals surface area (Å²) in [6, 6.07) is 51.9. The van der Waals surface area contributed by atoms with Crippen molar-refractivity contribution in [2.75, 3.05) is 0 Å². The van der Waals surface area contributed by atoms with Crippen LogP contribution in [0.1, 0.15) is 28.2 Å². The summed E-state index contributed by atoms with van der Waals surface area (Å²) in [5, 5.41) is 10.8. The number of aromatic nitrogens is 2. The van der Waals surface area contributed by atoms with Gasteiger partial charge < -0.3 is 4.40 Å². The number of benzene rings is 6. The standard InChI is InChI=1S/C42H27N3O/c43-26-27-11-10-15-31(23-27)44-38-19-8-9-20-39(38)45-37-22-21-29(28-12-2-1-3-13-28)24-36(37)40(41(45)42(44)46)35-25-30-14-4-5-16-32(30)33-17-6-7-18-34(33)35/h1-24,35H,25H2. The van der Waals surface area contributed by atoms with Crippen LogP contribution in [-0.4, -0.2) is 8.97 Å². The van der Waals surface area contributed by atoms with E-state index in [4.69, 9.17) is 0 Å². The largest absolute Gasteiger partial charge is 0.303 e. The SMILES string of the molecule is N#Cc1cccc(-n2c(=O)c3c(C4Cc5ccccc5-c5ccccc54)c4cc(-c5ccccc5)ccc4n3c3ccccc32)c1. The van der Waals surface area contributed by atoms with Crippen molar-refractivity contribution in [2.24, 2.45) is 0 Å². The lowest BCUT2D eigenvalue weighted by molar-refractivity contribution is 0.803. The molecule has 216 valence electrons. The number of nitrogens with zero attached hydrogens (tertiary/aromatic N) is 3. The summed E-state index contributed by atoms with van der Waals surface area (Å²) in [6.45, 7) is 0. The number of para-hydroxylation sites is 2. The normalized spacial score (nSPS) is 13.8. The zero-order valence-electron chi connectivity index (χ0n) is 24.9. The van der Waals surface area contributed by atoms with Crippen molar-refractivity contribution in [1.82, 2.24) is 8.97 Å². The minimum Gasteiger partial charge on any atom is -0.303 e. The Balaban J connectivity index is 1.46. The molecule has 4 heteroatoms. The minimum absolute atomic E-state index is 0.0441. The van der Waals surface area contributed by atoms with Crippen molar-refractivity contribution < 1.29 is 0 Å². The third kappa shape index (κ3) is 3.82. The fourth-order valence-corrected chi connectivity index (χ4v) is 7.56. The predicted octanol–water partition coefficient (Wildman–Crippen LogP) is 9.29. The third-order valence-corrected chi connectivity index (χ3v) is 9.53. The van der Waals surface area contributed by atoms with Crippen molar-refractivity contribution in [2.45, 2.75) is 12.3 Å². The van der Waals surface area contributed by atoms with Crippen molar-refractivity contribution in [3.8, 4) is 34.0 Å². The van der Waals surface area contributed by atoms with Crippen LogP contribution in [0.4, 0.5) is 0 Å². The Morgan fingerprint density at radius 1 is 0.630 bits per heavy atom. The lowest BCUT2D eigenvalue weighted by Crippen LogP contribution is -2.23. The molecule has 46 heavy (non-hydrogen) atoms. The first-order valence-corrected chi connectivity index (χ1v) is 15.6. The van der Waals surface area contributed by atoms with Gasteiger partial charge in [0.15, 0.2) is 0 Å². The molecule has 0 saturated heterocycles. The molecule has 0 aliphatic heterocycles. The van der Waals surface area contributed by atoms with Gasteiger partial charge in [0.05, 0.1) is 33.9 Å². The number of hydrogen-bond acceptors (Lipinski definition) is 2. The van der Waals surface area contributed by atoms with Crippen molar-refractivity contribution in [1.29, 1.82) is 5.26 Å². The average Bonchev–Trinajstić information content (AvgIpc) is 3.47. The van der Waals surface area contributed by atoms with Gasteiger partial charge in [0, 0.05) is 11.3 Å². The Morgan fingerprint density at radius 2 is 1.37 bits per heavy atom. The summed E-state index contributed by atoms with van der Waals surface area (Å²) >= 11 is 0. The van der Waals surface area contributed by atoms with E-state index >= 15 is 4.79 Å². The average molecular weight is 590 g/mol. The van der Waals surface area contributed by atoms with Crippen molar-refractivity contribution in [3.05, 3.63) is 178 Å². The molecular weight excluding hydrogens is 562 g/mol. The number of hydrogen-bond donors (Lipinski definition) is 0. The van der Waals surface area contributed by atoms with Gasteiger partial charge in [-0.2, -0.15) is 5.26 Å². The first-order valence-electron chi connectivity index (χ1n) is 15.6. The molecule has 2 aromatic heterocycles. The van der Waals surface area contributed by atoms with Gasteiger partial charge in [-0.05, 0) is 87.8 Å². The van der Waals surface area contributed by atoms with Crippen LogP contribution in [0.3, 0.4) is 0 Å². The number of nitriles is 1. The van der Waals surface area contributed by atoms with Crippen LogP contribution < -0.4 is 5.56 Å². The van der Waals surface area contributed by atoms with E-state index in [2.05, 4.69) is 108 Å². The summed E-state index contributed by atoms with van der Waals surface area (Å²) < 4.78 is 3.96. The van der Waals surface area contributed by atoms with Crippen LogP contribution in [0.15, 0.2) is 150 Å². The number of rotatable bonds is 3. The summed E-state index contributed by atoms with van der Waals surface area (Å²) in [5.74, 6) is -0.0441. The minimum atomic E-state index is -0.0995. The molecule has 1 atom stereocenters. The first kappa shape index (κ1) is 26.2. The summed E-state index contributed by atoms with van der Waals surface area (Å²) in [4.78, 5) is 15.1. The molecule has 6 aromatic carbocycles. The molecule has 9 rings (SSSR count). The summed E-state index contributed by atoms with van der Waals surface area (Å²) in [5.41, 5.74) is 12.8. The number of fused-ring (bicyclic) bond motifs is 8. The maximum Gasteiger partial charge on any atom is 0.280 e. The van der Waals surface area contributed by atoms with Crippen LogP contribution in [0.2, 0.25) is 0 Å². The molecule has 0 spiro atoms. The lowest BCUT2D eigenvalue weighted by atomic mass is 9.75. The summed E-state index contributed by atoms with van der Waals surface area (Å²) in [7, 11) is 0. The van der Waals surface area contributed by atoms with Gasteiger partial charge in [-0.25, -0.2) is 0 Å². The van der Waals surface area contributed by atoms with Crippen LogP contribution in [0.25, 0.3) is 55.4 Å². The van der Waals surface area contributed by atoms with Gasteiger partial charge >= 0.3 is 0 Å². The molecule has 8 aromatic rings. The second-order valence-corrected chi connectivity index (χ2v) is 12.0. The molecule has 0 saturated carbocycles. The first-order chi connectivity index (χ1) is 22.7. The van der Waals surface area contributed by atoms with E-state index in [9.17, 15) is 5.26 Å². The van der Waals surface area contributed by atoms with Crippen LogP contribution in [0, 0.1) is 11.3 Å². The van der Waals surface area contributed by atoms with Crippen molar-refractivity contribution >= 4 is 27.5 Å². The fourth-order valence-electron chi connectivity index (χ4n) is 7.56. The molecule has 1 aliphatic carbocycles. The Morgan fingerprint density at radius 3 is 2.22 bits per heavy atom. The van der Waals surface area contributed by atoms with Gasteiger partial charge in [0.2, 0.25) is 0 Å². The van der Waals surface area contributed by atoms with Crippen molar-refractivity contribution in [3.63, 3.8) is 0 Å². The Labute approximate surface area is 265 Å². The van der Waals surface area contributed by atoms with Crippen LogP contribution in [-0.2, 0) is 6.42 Å². The quantitative estimate of drug-likeness (QED) is 0.206. The Hall–Kier alpha value is -6.18. The third-order valence-electron chi connectivity index (χ3n) is 9.53. The van der Waals surface area contributed by atoms with E-state index < -0.39 is 0 Å². The molecule has 1 aliphatic rings. The fraction of sp³-hybridized carbons (Fsp3) is 0.0476. The van der Waals surface area contributed by atoms with Gasteiger partial charge in [-0.1, -0.05) is 103 Å². The molecule has 4 nitrogen and oxygen atoms in total. The van der Waals surface area contributed by atoms with E-state index in [1.165, 1.54) is 22.3 Å². The van der Waals surface area contributed by atoms with E-state index in [0.29, 0.717) is 16.8 Å². The van der Waals surface area contributed by atoms with Gasteiger partial charge in [0.1, 0.15) is 5.52 Å². The topological polar surface area (TPSA) is 50.2 Å². The highest BCUT2D eigenvalue weighted by atomic mass is 16.1. The second-order valence-electron chi connectivity index (χ2n) is 12.0. The molecule has 0 amide bonds. The molecule has 0 N–H and O–H groups in total. The lowest BCUT2D eigenvalue weighted by Gasteiger charge is -2.28. The Kier molecular flexibility index (Phi) is 5.81. The Bertz CT molecular complexity index is 2600. The van der Waals surface area contributed by atoms with E-state index in [1.54, 1.807) is 16.7 Å². The highest BCUT2D eigenvalue weighted by molar-refractivity contribution is 6.00. The van der Waals surface area contributed by atoms with Crippen LogP contribution >= 0.6 is 0 Å². The molecule has 1 unspecified atom stereocenters. The molecule has 2 heterocycles. The second kappa shape index (κ2) is 10.2. The van der Waals surface area contributed by atoms with Gasteiger partial charge in [-0.3, -0.25) is 9.36 Å². The molecule has 0 radical (unpaired) electrons. The van der Waals surface area contributed by atoms with Crippen LogP contribution in [0.5, 0.6) is 0 Å². The van der Waals surface area contributed by atoms with E-state index in [1.807, 2.05) is 36.4 Å². The van der Waals surface area contributed by atoms with E-state index in [0.717, 1.165) is 45.0 Å². The molecule has 0 fully saturated rings. The molecule has 0 bridgehead atoms. The van der Waals surface area contributed by atoms with E-state index in [-0.39, 0.29) is 11.5 Å². The zero-order valence-corrected chi connectivity index (χ0v) is 24.9. The maximum absolute atomic E-state index is 15.1. The van der Waals surface area contributed by atoms with Gasteiger partial charge in [0.25, 0.3) is 5.56 Å². The monoisotopic (exact) mass is 589 g/mol.